The molecular weight excluding hydrogens is 431 g/mol. The van der Waals surface area contributed by atoms with Crippen molar-refractivity contribution >= 4 is 55.6 Å². The molecule has 9 heteroatoms. The van der Waals surface area contributed by atoms with Gasteiger partial charge in [0, 0.05) is 15.3 Å². The molecule has 0 saturated carbocycles. The van der Waals surface area contributed by atoms with Gasteiger partial charge in [0.05, 0.1) is 9.95 Å². The Kier molecular flexibility index (Phi) is 4.69. The summed E-state index contributed by atoms with van der Waals surface area (Å²) >= 11 is 7.90. The lowest BCUT2D eigenvalue weighted by Gasteiger charge is -2.09. The van der Waals surface area contributed by atoms with Crippen molar-refractivity contribution in [2.24, 2.45) is 0 Å². The number of sulfonamides is 1. The van der Waals surface area contributed by atoms with E-state index in [1.807, 2.05) is 0 Å². The first-order valence-corrected chi connectivity index (χ1v) is 8.46. The smallest absolute Gasteiger partial charge is 0.279 e. The van der Waals surface area contributed by atoms with Crippen LogP contribution in [0.5, 0.6) is 0 Å². The third-order valence-electron chi connectivity index (χ3n) is 2.51. The topological polar surface area (TPSA) is 89.3 Å². The molecule has 0 spiro atoms. The molecule has 0 aromatic heterocycles. The molecule has 21 heavy (non-hydrogen) atoms. The van der Waals surface area contributed by atoms with Crippen molar-refractivity contribution in [3.63, 3.8) is 0 Å². The largest absolute Gasteiger partial charge is 0.291 e. The van der Waals surface area contributed by atoms with E-state index in [0.29, 0.717) is 5.69 Å². The minimum absolute atomic E-state index is 0.206. The lowest BCUT2D eigenvalue weighted by molar-refractivity contribution is -0.387. The zero-order chi connectivity index (χ0) is 15.6. The minimum Gasteiger partial charge on any atom is -0.279 e. The summed E-state index contributed by atoms with van der Waals surface area (Å²) in [5.74, 6) is 0. The Morgan fingerprint density at radius 3 is 2.33 bits per heavy atom. The van der Waals surface area contributed by atoms with E-state index in [1.165, 1.54) is 12.1 Å². The van der Waals surface area contributed by atoms with E-state index in [1.54, 1.807) is 24.3 Å². The standard InChI is InChI=1S/C12H8ClIN2O4S/c13-10-2-1-3-11(16(17)18)12(10)21(19,20)15-9-6-4-8(14)5-7-9/h1-7,15H. The maximum Gasteiger partial charge on any atom is 0.291 e. The number of nitrogens with one attached hydrogen (secondary N) is 1. The second kappa shape index (κ2) is 6.16. The van der Waals surface area contributed by atoms with Crippen molar-refractivity contribution < 1.29 is 13.3 Å². The Balaban J connectivity index is 2.49. The highest BCUT2D eigenvalue weighted by atomic mass is 127. The number of anilines is 1. The molecule has 0 aliphatic rings. The van der Waals surface area contributed by atoms with E-state index in [0.717, 1.165) is 9.64 Å². The highest BCUT2D eigenvalue weighted by molar-refractivity contribution is 14.1. The van der Waals surface area contributed by atoms with Crippen molar-refractivity contribution in [2.45, 2.75) is 4.90 Å². The summed E-state index contributed by atoms with van der Waals surface area (Å²) in [4.78, 5) is 9.64. The average Bonchev–Trinajstić information content (AvgIpc) is 2.40. The minimum atomic E-state index is -4.16. The molecule has 110 valence electrons. The van der Waals surface area contributed by atoms with Gasteiger partial charge in [-0.2, -0.15) is 0 Å². The molecule has 0 aliphatic heterocycles. The summed E-state index contributed by atoms with van der Waals surface area (Å²) in [6.45, 7) is 0. The molecule has 0 aliphatic carbocycles. The van der Waals surface area contributed by atoms with Crippen LogP contribution in [-0.2, 0) is 10.0 Å². The number of nitro groups is 1. The first-order chi connectivity index (χ1) is 9.81. The zero-order valence-corrected chi connectivity index (χ0v) is 14.0. The highest BCUT2D eigenvalue weighted by Gasteiger charge is 2.28. The average molecular weight is 439 g/mol. The molecule has 1 N–H and O–H groups in total. The number of rotatable bonds is 4. The van der Waals surface area contributed by atoms with Gasteiger partial charge in [0.2, 0.25) is 0 Å². The Hall–Kier alpha value is -1.39. The van der Waals surface area contributed by atoms with E-state index in [-0.39, 0.29) is 5.02 Å². The Bertz CT molecular complexity index is 793. The molecule has 0 heterocycles. The number of halogens is 2. The maximum absolute atomic E-state index is 12.3. The summed E-state index contributed by atoms with van der Waals surface area (Å²) in [7, 11) is -4.16. The van der Waals surface area contributed by atoms with Gasteiger partial charge in [-0.15, -0.1) is 0 Å². The molecule has 0 atom stereocenters. The van der Waals surface area contributed by atoms with E-state index in [2.05, 4.69) is 27.3 Å². The van der Waals surface area contributed by atoms with Crippen molar-refractivity contribution in [2.75, 3.05) is 4.72 Å². The van der Waals surface area contributed by atoms with Crippen molar-refractivity contribution in [1.82, 2.24) is 0 Å². The third-order valence-corrected chi connectivity index (χ3v) is 5.13. The second-order valence-electron chi connectivity index (χ2n) is 3.96. The lowest BCUT2D eigenvalue weighted by atomic mass is 10.3. The molecule has 0 bridgehead atoms. The summed E-state index contributed by atoms with van der Waals surface area (Å²) in [6, 6.07) is 10.2. The lowest BCUT2D eigenvalue weighted by Crippen LogP contribution is -2.15. The number of hydrogen-bond donors (Lipinski definition) is 1. The molecule has 0 radical (unpaired) electrons. The SMILES string of the molecule is O=[N+]([O-])c1cccc(Cl)c1S(=O)(=O)Nc1ccc(I)cc1. The normalized spacial score (nSPS) is 11.1. The van der Waals surface area contributed by atoms with E-state index >= 15 is 0 Å². The number of hydrogen-bond acceptors (Lipinski definition) is 4. The van der Waals surface area contributed by atoms with Crippen molar-refractivity contribution in [3.05, 3.63) is 61.2 Å². The van der Waals surface area contributed by atoms with E-state index < -0.39 is 25.5 Å². The van der Waals surface area contributed by atoms with Gasteiger partial charge in [0.1, 0.15) is 0 Å². The van der Waals surface area contributed by atoms with Crippen LogP contribution in [0.3, 0.4) is 0 Å². The van der Waals surface area contributed by atoms with Crippen molar-refractivity contribution in [1.29, 1.82) is 0 Å². The van der Waals surface area contributed by atoms with E-state index in [4.69, 9.17) is 11.6 Å². The molecule has 0 unspecified atom stereocenters. The van der Waals surface area contributed by atoms with Crippen molar-refractivity contribution in [3.8, 4) is 0 Å². The van der Waals surface area contributed by atoms with Gasteiger partial charge in [-0.1, -0.05) is 17.7 Å². The molecule has 0 saturated heterocycles. The van der Waals surface area contributed by atoms with Crippen LogP contribution in [-0.4, -0.2) is 13.3 Å². The maximum atomic E-state index is 12.3. The predicted molar refractivity (Wildman–Crippen MR) is 88.1 cm³/mol. The number of nitrogens with zero attached hydrogens (tertiary/aromatic N) is 1. The molecule has 0 amide bonds. The molecule has 2 rings (SSSR count). The molecule has 0 fully saturated rings. The van der Waals surface area contributed by atoms with Crippen LogP contribution in [0.25, 0.3) is 0 Å². The van der Waals surface area contributed by atoms with Gasteiger partial charge in [0.25, 0.3) is 15.7 Å². The summed E-state index contributed by atoms with van der Waals surface area (Å²) in [5, 5.41) is 10.8. The molecule has 2 aromatic carbocycles. The van der Waals surface area contributed by atoms with Gasteiger partial charge in [-0.3, -0.25) is 14.8 Å². The van der Waals surface area contributed by atoms with Crippen LogP contribution in [0, 0.1) is 13.7 Å². The Morgan fingerprint density at radius 1 is 1.14 bits per heavy atom. The third kappa shape index (κ3) is 3.63. The Labute approximate surface area is 139 Å². The Morgan fingerprint density at radius 2 is 1.76 bits per heavy atom. The summed E-state index contributed by atoms with van der Waals surface area (Å²) < 4.78 is 27.9. The van der Waals surface area contributed by atoms with Crippen LogP contribution in [0.4, 0.5) is 11.4 Å². The van der Waals surface area contributed by atoms with Crippen LogP contribution in [0.2, 0.25) is 5.02 Å². The van der Waals surface area contributed by atoms with Crippen LogP contribution < -0.4 is 4.72 Å². The molecular formula is C12H8ClIN2O4S. The zero-order valence-electron chi connectivity index (χ0n) is 10.3. The number of benzene rings is 2. The van der Waals surface area contributed by atoms with Gasteiger partial charge in [0.15, 0.2) is 4.90 Å². The number of nitro benzene ring substituents is 1. The van der Waals surface area contributed by atoms with Crippen LogP contribution >= 0.6 is 34.2 Å². The first kappa shape index (κ1) is 16.0. The fraction of sp³-hybridized carbons (Fsp3) is 0. The van der Waals surface area contributed by atoms with Gasteiger partial charge in [-0.25, -0.2) is 8.42 Å². The molecule has 6 nitrogen and oxygen atoms in total. The summed E-state index contributed by atoms with van der Waals surface area (Å²) in [5.41, 5.74) is -0.273. The fourth-order valence-electron chi connectivity index (χ4n) is 1.63. The van der Waals surface area contributed by atoms with Crippen LogP contribution in [0.15, 0.2) is 47.4 Å². The molecule has 2 aromatic rings. The monoisotopic (exact) mass is 438 g/mol. The first-order valence-electron chi connectivity index (χ1n) is 5.52. The second-order valence-corrected chi connectivity index (χ2v) is 7.23. The quantitative estimate of drug-likeness (QED) is 0.448. The summed E-state index contributed by atoms with van der Waals surface area (Å²) in [6.07, 6.45) is 0. The van der Waals surface area contributed by atoms with Crippen LogP contribution in [0.1, 0.15) is 0 Å². The van der Waals surface area contributed by atoms with Gasteiger partial charge < -0.3 is 0 Å². The highest BCUT2D eigenvalue weighted by Crippen LogP contribution is 2.32. The fourth-order valence-corrected chi connectivity index (χ4v) is 3.76. The van der Waals surface area contributed by atoms with E-state index in [9.17, 15) is 18.5 Å². The predicted octanol–water partition coefficient (Wildman–Crippen LogP) is 3.65. The van der Waals surface area contributed by atoms with Gasteiger partial charge >= 0.3 is 0 Å². The van der Waals surface area contributed by atoms with Gasteiger partial charge in [-0.05, 0) is 52.9 Å².